The summed E-state index contributed by atoms with van der Waals surface area (Å²) in [7, 11) is 0. The number of rotatable bonds is 4. The fourth-order valence-corrected chi connectivity index (χ4v) is 7.40. The van der Waals surface area contributed by atoms with E-state index in [-0.39, 0.29) is 0 Å². The molecule has 9 aromatic carbocycles. The minimum atomic E-state index is 0.644. The van der Waals surface area contributed by atoms with E-state index in [2.05, 4.69) is 170 Å². The largest absolute Gasteiger partial charge is 0.208 e. The van der Waals surface area contributed by atoms with Crippen molar-refractivity contribution in [3.63, 3.8) is 0 Å². The van der Waals surface area contributed by atoms with Crippen LogP contribution in [0, 0.1) is 0 Å². The molecule has 3 heteroatoms. The molecular weight excluding hydrogens is 607 g/mol. The molecular formula is C47H29N3. The van der Waals surface area contributed by atoms with Crippen LogP contribution in [0.3, 0.4) is 0 Å². The van der Waals surface area contributed by atoms with Crippen molar-refractivity contribution in [1.82, 2.24) is 15.0 Å². The Balaban J connectivity index is 1.23. The van der Waals surface area contributed by atoms with Crippen LogP contribution in [0.1, 0.15) is 0 Å². The van der Waals surface area contributed by atoms with Crippen molar-refractivity contribution in [2.75, 3.05) is 0 Å². The van der Waals surface area contributed by atoms with E-state index in [9.17, 15) is 0 Å². The fourth-order valence-electron chi connectivity index (χ4n) is 7.40. The Morgan fingerprint density at radius 3 is 1.46 bits per heavy atom. The quantitative estimate of drug-likeness (QED) is 0.143. The highest BCUT2D eigenvalue weighted by molar-refractivity contribution is 6.19. The van der Waals surface area contributed by atoms with Crippen LogP contribution in [0.15, 0.2) is 176 Å². The van der Waals surface area contributed by atoms with Gasteiger partial charge in [0, 0.05) is 16.7 Å². The van der Waals surface area contributed by atoms with Gasteiger partial charge in [-0.25, -0.2) is 15.0 Å². The first-order valence-electron chi connectivity index (χ1n) is 16.9. The van der Waals surface area contributed by atoms with E-state index < -0.39 is 0 Å². The molecule has 50 heavy (non-hydrogen) atoms. The molecule has 0 fully saturated rings. The van der Waals surface area contributed by atoms with Crippen molar-refractivity contribution in [2.24, 2.45) is 0 Å². The lowest BCUT2D eigenvalue weighted by Gasteiger charge is -2.15. The molecule has 0 bridgehead atoms. The van der Waals surface area contributed by atoms with Gasteiger partial charge in [0.15, 0.2) is 17.5 Å². The van der Waals surface area contributed by atoms with Crippen molar-refractivity contribution >= 4 is 53.9 Å². The number of hydrogen-bond donors (Lipinski definition) is 0. The summed E-state index contributed by atoms with van der Waals surface area (Å²) in [6, 6.07) is 62.3. The van der Waals surface area contributed by atoms with Crippen LogP contribution >= 0.6 is 0 Å². The van der Waals surface area contributed by atoms with E-state index in [4.69, 9.17) is 15.0 Å². The first-order valence-corrected chi connectivity index (χ1v) is 16.9. The Hall–Kier alpha value is -6.71. The zero-order chi connectivity index (χ0) is 33.0. The molecule has 0 saturated heterocycles. The smallest absolute Gasteiger partial charge is 0.165 e. The Bertz CT molecular complexity index is 2910. The Morgan fingerprint density at radius 2 is 0.700 bits per heavy atom. The minimum Gasteiger partial charge on any atom is -0.208 e. The molecule has 0 aliphatic rings. The molecule has 0 amide bonds. The highest BCUT2D eigenvalue weighted by Gasteiger charge is 2.18. The minimum absolute atomic E-state index is 0.644. The Labute approximate surface area is 289 Å². The standard InChI is InChI=1S/C47H29N3/c1-2-10-30(11-3-1)31-18-21-34(22-19-31)45-48-46(37-25-26-40-36(28-37)23-20-32-12-4-7-15-38(32)40)50-47(49-45)44-41-17-9-6-14-35(41)29-43-39-16-8-5-13-33(39)24-27-42(43)44/h1-29H. The van der Waals surface area contributed by atoms with Gasteiger partial charge in [0.25, 0.3) is 0 Å². The van der Waals surface area contributed by atoms with Gasteiger partial charge in [0.2, 0.25) is 0 Å². The lowest BCUT2D eigenvalue weighted by atomic mass is 9.93. The van der Waals surface area contributed by atoms with Gasteiger partial charge in [-0.2, -0.15) is 0 Å². The van der Waals surface area contributed by atoms with Gasteiger partial charge in [-0.05, 0) is 77.1 Å². The van der Waals surface area contributed by atoms with Gasteiger partial charge in [-0.3, -0.25) is 0 Å². The summed E-state index contributed by atoms with van der Waals surface area (Å²) in [5.41, 5.74) is 5.23. The van der Waals surface area contributed by atoms with E-state index in [0.29, 0.717) is 17.5 Å². The molecule has 0 radical (unpaired) electrons. The summed E-state index contributed by atoms with van der Waals surface area (Å²) in [6.45, 7) is 0. The van der Waals surface area contributed by atoms with Gasteiger partial charge in [-0.1, -0.05) is 164 Å². The third-order valence-corrected chi connectivity index (χ3v) is 9.88. The second-order valence-corrected chi connectivity index (χ2v) is 12.8. The lowest BCUT2D eigenvalue weighted by molar-refractivity contribution is 1.08. The van der Waals surface area contributed by atoms with Crippen molar-refractivity contribution < 1.29 is 0 Å². The van der Waals surface area contributed by atoms with Crippen LogP contribution in [0.2, 0.25) is 0 Å². The van der Waals surface area contributed by atoms with Gasteiger partial charge in [-0.15, -0.1) is 0 Å². The van der Waals surface area contributed by atoms with E-state index >= 15 is 0 Å². The van der Waals surface area contributed by atoms with E-state index in [1.165, 1.54) is 37.9 Å². The molecule has 0 saturated carbocycles. The SMILES string of the molecule is c1ccc(-c2ccc(-c3nc(-c4ccc5c(ccc6ccccc65)c4)nc(-c4c5ccccc5cc5c4ccc4ccccc45)n3)cc2)cc1. The van der Waals surface area contributed by atoms with Crippen molar-refractivity contribution in [1.29, 1.82) is 0 Å². The molecule has 0 N–H and O–H groups in total. The first kappa shape index (κ1) is 28.3. The van der Waals surface area contributed by atoms with Gasteiger partial charge < -0.3 is 0 Å². The van der Waals surface area contributed by atoms with Gasteiger partial charge in [0.1, 0.15) is 0 Å². The molecule has 0 unspecified atom stereocenters. The van der Waals surface area contributed by atoms with E-state index in [1.807, 2.05) is 6.07 Å². The van der Waals surface area contributed by atoms with Crippen molar-refractivity contribution in [3.05, 3.63) is 176 Å². The molecule has 1 heterocycles. The molecule has 0 spiro atoms. The normalized spacial score (nSPS) is 11.6. The topological polar surface area (TPSA) is 38.7 Å². The molecule has 10 aromatic rings. The van der Waals surface area contributed by atoms with Crippen LogP contribution in [-0.2, 0) is 0 Å². The Kier molecular flexibility index (Phi) is 6.49. The number of aromatic nitrogens is 3. The maximum atomic E-state index is 5.29. The van der Waals surface area contributed by atoms with Crippen molar-refractivity contribution in [2.45, 2.75) is 0 Å². The summed E-state index contributed by atoms with van der Waals surface area (Å²) in [4.78, 5) is 15.7. The van der Waals surface area contributed by atoms with Crippen molar-refractivity contribution in [3.8, 4) is 45.3 Å². The number of nitrogens with zero attached hydrogens (tertiary/aromatic N) is 3. The summed E-state index contributed by atoms with van der Waals surface area (Å²) < 4.78 is 0. The summed E-state index contributed by atoms with van der Waals surface area (Å²) in [6.07, 6.45) is 0. The third kappa shape index (κ3) is 4.71. The van der Waals surface area contributed by atoms with Crippen LogP contribution in [-0.4, -0.2) is 15.0 Å². The molecule has 10 rings (SSSR count). The predicted molar refractivity (Wildman–Crippen MR) is 209 cm³/mol. The average Bonchev–Trinajstić information content (AvgIpc) is 3.20. The zero-order valence-corrected chi connectivity index (χ0v) is 27.1. The average molecular weight is 636 g/mol. The van der Waals surface area contributed by atoms with Crippen LogP contribution in [0.5, 0.6) is 0 Å². The lowest BCUT2D eigenvalue weighted by Crippen LogP contribution is -2.01. The van der Waals surface area contributed by atoms with Gasteiger partial charge in [0.05, 0.1) is 0 Å². The highest BCUT2D eigenvalue weighted by Crippen LogP contribution is 2.39. The second kappa shape index (κ2) is 11.5. The summed E-state index contributed by atoms with van der Waals surface area (Å²) in [5, 5.41) is 11.8. The van der Waals surface area contributed by atoms with E-state index in [1.54, 1.807) is 0 Å². The molecule has 0 aliphatic carbocycles. The van der Waals surface area contributed by atoms with Crippen LogP contribution in [0.25, 0.3) is 99.2 Å². The van der Waals surface area contributed by atoms with Crippen LogP contribution < -0.4 is 0 Å². The Morgan fingerprint density at radius 1 is 0.240 bits per heavy atom. The summed E-state index contributed by atoms with van der Waals surface area (Å²) in [5.74, 6) is 1.95. The molecule has 232 valence electrons. The first-order chi connectivity index (χ1) is 24.8. The molecule has 1 aromatic heterocycles. The number of fused-ring (bicyclic) bond motifs is 7. The van der Waals surface area contributed by atoms with E-state index in [0.717, 1.165) is 43.8 Å². The third-order valence-electron chi connectivity index (χ3n) is 9.88. The second-order valence-electron chi connectivity index (χ2n) is 12.8. The predicted octanol–water partition coefficient (Wildman–Crippen LogP) is 12.3. The number of hydrogen-bond acceptors (Lipinski definition) is 3. The fraction of sp³-hybridized carbons (Fsp3) is 0. The van der Waals surface area contributed by atoms with Crippen LogP contribution in [0.4, 0.5) is 0 Å². The maximum absolute atomic E-state index is 5.29. The van der Waals surface area contributed by atoms with Gasteiger partial charge >= 0.3 is 0 Å². The molecule has 0 atom stereocenters. The summed E-state index contributed by atoms with van der Waals surface area (Å²) >= 11 is 0. The molecule has 0 aliphatic heterocycles. The number of benzene rings is 9. The monoisotopic (exact) mass is 635 g/mol. The zero-order valence-electron chi connectivity index (χ0n) is 27.1. The maximum Gasteiger partial charge on any atom is 0.165 e. The molecule has 3 nitrogen and oxygen atoms in total. The highest BCUT2D eigenvalue weighted by atomic mass is 15.0.